The number of nitrogens with two attached hydrogens (primary N) is 1. The van der Waals surface area contributed by atoms with Gasteiger partial charge in [-0.3, -0.25) is 24.1 Å². The molecule has 0 radical (unpaired) electrons. The van der Waals surface area contributed by atoms with Gasteiger partial charge in [0.25, 0.3) is 0 Å². The van der Waals surface area contributed by atoms with Crippen molar-refractivity contribution in [3.05, 3.63) is 193 Å². The van der Waals surface area contributed by atoms with Gasteiger partial charge in [-0.25, -0.2) is 40.6 Å². The van der Waals surface area contributed by atoms with Gasteiger partial charge in [-0.1, -0.05) is 149 Å². The Morgan fingerprint density at radius 2 is 0.786 bits per heavy atom. The Balaban J connectivity index is 0.000000201. The number of aliphatic carboxylic acids is 1. The lowest BCUT2D eigenvalue weighted by Gasteiger charge is -2.39. The number of carboxylic acids is 1. The maximum absolute atomic E-state index is 15.4. The summed E-state index contributed by atoms with van der Waals surface area (Å²) in [5.74, 6) is -2.37. The molecule has 0 spiro atoms. The first-order chi connectivity index (χ1) is 61.4. The predicted molar refractivity (Wildman–Crippen MR) is 521 cm³/mol. The lowest BCUT2D eigenvalue weighted by molar-refractivity contribution is -0.141. The molecule has 0 aromatic heterocycles. The molecule has 6 heterocycles. The average Bonchev–Trinajstić information content (AvgIpc) is 0.985. The lowest BCUT2D eigenvalue weighted by atomic mass is 9.88. The molecule has 131 heavy (non-hydrogen) atoms. The second-order valence-corrected chi connectivity index (χ2v) is 45.4. The number of carbonyl (C=O) groups is 6. The molecule has 11 atom stereocenters. The van der Waals surface area contributed by atoms with Gasteiger partial charge in [0.1, 0.15) is 28.7 Å². The number of nitrogens with one attached hydrogen (secondary N) is 4. The second-order valence-electron chi connectivity index (χ2n) is 40.1. The maximum atomic E-state index is 15.4. The van der Waals surface area contributed by atoms with E-state index in [0.29, 0.717) is 130 Å². The van der Waals surface area contributed by atoms with E-state index in [-0.39, 0.29) is 126 Å². The van der Waals surface area contributed by atoms with Gasteiger partial charge in [0, 0.05) is 187 Å². The van der Waals surface area contributed by atoms with Crippen LogP contribution in [0.2, 0.25) is 15.1 Å². The number of piperazine rings is 3. The number of hydrogen-bond donors (Lipinski definition) is 6. The monoisotopic (exact) mass is 1910 g/mol. The van der Waals surface area contributed by atoms with Crippen molar-refractivity contribution in [2.45, 2.75) is 208 Å². The van der Waals surface area contributed by atoms with Gasteiger partial charge in [-0.15, -0.1) is 0 Å². The molecule has 32 heteroatoms. The molecule has 7 N–H and O–H groups in total. The van der Waals surface area contributed by atoms with Crippen LogP contribution in [0.25, 0.3) is 0 Å². The third-order valence-corrected chi connectivity index (χ3v) is 28.4. The van der Waals surface area contributed by atoms with Crippen molar-refractivity contribution in [1.29, 1.82) is 0 Å². The summed E-state index contributed by atoms with van der Waals surface area (Å²) in [7, 11) is -2.59. The van der Waals surface area contributed by atoms with E-state index in [9.17, 15) is 42.3 Å². The largest absolute Gasteiger partial charge is 0.481 e. The van der Waals surface area contributed by atoms with E-state index >= 15 is 13.2 Å². The molecular weight excluding hydrogens is 1770 g/mol. The van der Waals surface area contributed by atoms with E-state index in [4.69, 9.17) is 50.0 Å². The smallest absolute Gasteiger partial charge is 0.410 e. The fraction of sp³-hybridized carbons (Fsp3) is 0.576. The minimum Gasteiger partial charge on any atom is -0.481 e. The number of ether oxygens (including phenoxy) is 2. The van der Waals surface area contributed by atoms with Crippen molar-refractivity contribution < 1.29 is 64.9 Å². The van der Waals surface area contributed by atoms with E-state index in [1.165, 1.54) is 23.1 Å². The molecule has 5 amide bonds. The second kappa shape index (κ2) is 46.9. The van der Waals surface area contributed by atoms with Crippen LogP contribution in [0.3, 0.4) is 0 Å². The summed E-state index contributed by atoms with van der Waals surface area (Å²) in [6, 6.07) is 37.4. The van der Waals surface area contributed by atoms with Crippen LogP contribution in [0, 0.1) is 53.0 Å². The van der Waals surface area contributed by atoms with Gasteiger partial charge < -0.3 is 65.2 Å². The van der Waals surface area contributed by atoms with Crippen LogP contribution < -0.4 is 40.5 Å². The van der Waals surface area contributed by atoms with Crippen molar-refractivity contribution in [1.82, 2.24) is 44.6 Å². The zero-order valence-corrected chi connectivity index (χ0v) is 83.9. The molecule has 6 aliphatic rings. The van der Waals surface area contributed by atoms with E-state index in [1.54, 1.807) is 56.0 Å². The van der Waals surface area contributed by atoms with Crippen molar-refractivity contribution in [2.24, 2.45) is 41.2 Å². The first kappa shape index (κ1) is 107. The predicted octanol–water partition coefficient (Wildman–Crippen LogP) is 17.3. The molecule has 6 aromatic carbocycles. The molecule has 6 fully saturated rings. The summed E-state index contributed by atoms with van der Waals surface area (Å²) in [6.45, 7) is 48.7. The van der Waals surface area contributed by atoms with Gasteiger partial charge in [0.15, 0.2) is 0 Å². The Bertz CT molecular complexity index is 4860. The molecular formula is C99H141Cl3F3N13O11S2. The molecule has 6 saturated heterocycles. The molecule has 24 nitrogen and oxygen atoms in total. The quantitative estimate of drug-likeness (QED) is 0.0348. The zero-order chi connectivity index (χ0) is 96.6. The number of carbonyl (C=O) groups excluding carboxylic acids is 5. The van der Waals surface area contributed by atoms with Crippen LogP contribution in [0.15, 0.2) is 127 Å². The third kappa shape index (κ3) is 29.2. The highest BCUT2D eigenvalue weighted by molar-refractivity contribution is 7.84. The fourth-order valence-electron chi connectivity index (χ4n) is 17.4. The van der Waals surface area contributed by atoms with E-state index in [0.717, 1.165) is 53.0 Å². The van der Waals surface area contributed by atoms with Gasteiger partial charge in [-0.2, -0.15) is 0 Å². The number of hydrogen-bond acceptors (Lipinski definition) is 16. The highest BCUT2D eigenvalue weighted by Crippen LogP contribution is 2.43. The number of benzene rings is 6. The Hall–Kier alpha value is -8.10. The number of carboxylic acid groups (broad SMARTS) is 1. The Labute approximate surface area is 795 Å². The number of anilines is 3. The summed E-state index contributed by atoms with van der Waals surface area (Å²) in [5.41, 5.74) is 11.5. The van der Waals surface area contributed by atoms with Gasteiger partial charge in [0.05, 0.1) is 72.3 Å². The van der Waals surface area contributed by atoms with E-state index in [2.05, 4.69) is 52.7 Å². The van der Waals surface area contributed by atoms with Gasteiger partial charge in [-0.05, 0) is 197 Å². The first-order valence-corrected chi connectivity index (χ1v) is 49.3. The Morgan fingerprint density at radius 1 is 0.443 bits per heavy atom. The van der Waals surface area contributed by atoms with Gasteiger partial charge >= 0.3 is 18.2 Å². The number of nitrogens with zero attached hydrogens (tertiary/aromatic N) is 8. The van der Waals surface area contributed by atoms with Crippen LogP contribution in [0.1, 0.15) is 214 Å². The molecule has 3 unspecified atom stereocenters. The van der Waals surface area contributed by atoms with Crippen molar-refractivity contribution in [3.8, 4) is 0 Å². The summed E-state index contributed by atoms with van der Waals surface area (Å²) in [5, 5.41) is 17.8. The van der Waals surface area contributed by atoms with Crippen LogP contribution in [0.5, 0.6) is 0 Å². The number of para-hydroxylation sites is 3. The van der Waals surface area contributed by atoms with Crippen LogP contribution >= 0.6 is 34.8 Å². The van der Waals surface area contributed by atoms with Crippen LogP contribution in [-0.2, 0) is 50.6 Å². The SMILES string of the molecule is CC(C)(C)OC(=O)N1CC(c2ccc(Cl)cc2)[C@@H](C(=O)O)C1.CC(C)[C@H](NC(=O)CCN)c1cccc(F)c1N1CCN(C(=O)[C@H]2CN(C(C)C)CC2c2ccc(Cl)cc2)CC1.CC(C)[C@H](N[S@@](=O)C(C)(C)C)c1cccc(F)c1N1CCN(C(=O)OC(C)(C)C)CC1.CC(C)[C@H](N[S@@](=O)C(C)(C)C)c1cccc(F)c1N1CCN(C(=O)[C@H]2CNCC2c2ccc(Cl)cc2)CC1. The normalized spacial score (nSPS) is 20.6. The van der Waals surface area contributed by atoms with E-state index in [1.807, 2.05) is 193 Å². The molecule has 0 saturated carbocycles. The fourth-order valence-corrected chi connectivity index (χ4v) is 19.7. The Kier molecular flexibility index (Phi) is 38.2. The number of likely N-dealkylation sites (tertiary alicyclic amines) is 2. The Morgan fingerprint density at radius 3 is 1.13 bits per heavy atom. The van der Waals surface area contributed by atoms with Crippen molar-refractivity contribution >= 4 is 110 Å². The highest BCUT2D eigenvalue weighted by atomic mass is 35.5. The topological polar surface area (TPSA) is 275 Å². The standard InChI is InChI=1S/C31H43ClFN5O2.C29H40ClFN4O2S.C23H38FN3O3S.C16H20ClNO4/c1-20(2)29(35-28(39)12-13-34)24-6-5-7-27(33)30(24)36-14-16-37(17-15-36)31(40)26-19-38(21(3)4)18-25(26)22-8-10-23(32)11-9-22;1-19(2)26(33-38(37)29(3,4)5)22-7-6-8-25(31)27(22)34-13-15-35(16-14-34)28(36)24-18-32-17-23(24)20-9-11-21(30)12-10-20;1-16(2)19(25-31(29)23(6,7)8)17-10-9-11-18(24)20(17)26-12-14-27(15-13-26)21(28)30-22(3,4)5;1-16(2,3)22-15(21)18-8-12(13(9-18)14(19)20)10-4-6-11(17)7-5-10/h5-11,20-21,25-26,29H,12-19,34H2,1-4H3,(H,35,39);6-12,19,23-24,26,32-33H,13-18H2,1-5H3;9-11,16,19,25H,12-15H2,1-8H3;4-7,12-13H,8-9H2,1-3H3,(H,19,20)/t25?,26-,29-;23?,24-,26-,38-;19-,31-;12?,13-/m0000/s1. The summed E-state index contributed by atoms with van der Waals surface area (Å²) in [6.07, 6.45) is -0.598. The summed E-state index contributed by atoms with van der Waals surface area (Å²) >= 11 is 18.1. The minimum absolute atomic E-state index is 0.0567. The van der Waals surface area contributed by atoms with Gasteiger partial charge in [0.2, 0.25) is 17.7 Å². The number of rotatable bonds is 23. The highest BCUT2D eigenvalue weighted by Gasteiger charge is 2.46. The third-order valence-electron chi connectivity index (χ3n) is 24.5. The summed E-state index contributed by atoms with van der Waals surface area (Å²) < 4.78 is 87.9. The molecule has 6 aliphatic heterocycles. The molecule has 0 aliphatic carbocycles. The zero-order valence-electron chi connectivity index (χ0n) is 80.0. The average molecular weight is 1920 g/mol. The molecule has 722 valence electrons. The van der Waals surface area contributed by atoms with Crippen molar-refractivity contribution in [2.75, 3.05) is 139 Å². The molecule has 12 rings (SSSR count). The maximum Gasteiger partial charge on any atom is 0.410 e. The first-order valence-electron chi connectivity index (χ1n) is 45.9. The van der Waals surface area contributed by atoms with E-state index < -0.39 is 60.6 Å². The summed E-state index contributed by atoms with van der Waals surface area (Å²) in [4.78, 5) is 91.3. The minimum atomic E-state index is -1.30. The molecule has 0 bridgehead atoms. The van der Waals surface area contributed by atoms with Crippen LogP contribution in [0.4, 0.5) is 39.8 Å². The number of halogens is 6. The molecule has 6 aromatic rings. The lowest BCUT2D eigenvalue weighted by Crippen LogP contribution is -2.52. The van der Waals surface area contributed by atoms with Crippen LogP contribution in [-0.4, -0.2) is 225 Å². The van der Waals surface area contributed by atoms with Crippen molar-refractivity contribution in [3.63, 3.8) is 0 Å². The number of amides is 5.